The number of hydrogen-bond donors (Lipinski definition) is 1. The van der Waals surface area contributed by atoms with Crippen molar-refractivity contribution in [3.05, 3.63) is 48.4 Å². The number of methoxy groups -OCH3 is 1. The first-order valence-corrected chi connectivity index (χ1v) is 6.24. The second kappa shape index (κ2) is 4.77. The fourth-order valence-electron chi connectivity index (χ4n) is 2.01. The monoisotopic (exact) mass is 269 g/mol. The zero-order valence-corrected chi connectivity index (χ0v) is 11.3. The highest BCUT2D eigenvalue weighted by Crippen LogP contribution is 2.27. The molecule has 102 valence electrons. The van der Waals surface area contributed by atoms with Gasteiger partial charge in [0.25, 0.3) is 0 Å². The molecule has 2 heterocycles. The normalized spacial score (nSPS) is 10.7. The Morgan fingerprint density at radius 1 is 1.15 bits per heavy atom. The number of hydrogen-bond acceptors (Lipinski definition) is 4. The minimum Gasteiger partial charge on any atom is -0.497 e. The van der Waals surface area contributed by atoms with E-state index in [0.717, 1.165) is 17.2 Å². The second-order valence-electron chi connectivity index (χ2n) is 4.49. The molecule has 20 heavy (non-hydrogen) atoms. The maximum Gasteiger partial charge on any atom is 0.156 e. The first kappa shape index (κ1) is 12.3. The molecule has 0 spiro atoms. The van der Waals surface area contributed by atoms with Gasteiger partial charge in [-0.3, -0.25) is 0 Å². The van der Waals surface area contributed by atoms with Crippen LogP contribution in [0.4, 0.5) is 5.69 Å². The summed E-state index contributed by atoms with van der Waals surface area (Å²) in [5.41, 5.74) is 8.14. The number of rotatable bonds is 3. The van der Waals surface area contributed by atoms with E-state index in [1.54, 1.807) is 18.0 Å². The minimum absolute atomic E-state index is 0.579. The molecule has 0 unspecified atom stereocenters. The van der Waals surface area contributed by atoms with Crippen LogP contribution in [0.15, 0.2) is 47.0 Å². The van der Waals surface area contributed by atoms with E-state index in [4.69, 9.17) is 14.9 Å². The van der Waals surface area contributed by atoms with Crippen molar-refractivity contribution in [2.24, 2.45) is 0 Å². The van der Waals surface area contributed by atoms with Crippen molar-refractivity contribution in [3.63, 3.8) is 0 Å². The number of nitrogens with two attached hydrogens (primary N) is 1. The van der Waals surface area contributed by atoms with E-state index in [0.29, 0.717) is 17.1 Å². The maximum atomic E-state index is 6.01. The van der Waals surface area contributed by atoms with Gasteiger partial charge in [-0.25, -0.2) is 4.68 Å². The van der Waals surface area contributed by atoms with Gasteiger partial charge in [-0.1, -0.05) is 0 Å². The molecular weight excluding hydrogens is 254 g/mol. The smallest absolute Gasteiger partial charge is 0.156 e. The van der Waals surface area contributed by atoms with Crippen molar-refractivity contribution in [2.75, 3.05) is 12.8 Å². The van der Waals surface area contributed by atoms with Gasteiger partial charge in [0.05, 0.1) is 24.7 Å². The number of nitrogen functional groups attached to an aromatic ring is 1. The van der Waals surface area contributed by atoms with Gasteiger partial charge in [0.15, 0.2) is 11.5 Å². The van der Waals surface area contributed by atoms with Gasteiger partial charge in [-0.05, 0) is 43.3 Å². The Kier molecular flexibility index (Phi) is 2.95. The van der Waals surface area contributed by atoms with Crippen molar-refractivity contribution < 1.29 is 9.15 Å². The summed E-state index contributed by atoms with van der Waals surface area (Å²) < 4.78 is 12.4. The Hall–Kier alpha value is -2.69. The summed E-state index contributed by atoms with van der Waals surface area (Å²) in [7, 11) is 1.64. The first-order chi connectivity index (χ1) is 9.67. The molecule has 0 saturated heterocycles. The summed E-state index contributed by atoms with van der Waals surface area (Å²) in [5, 5.41) is 4.48. The molecule has 0 aliphatic rings. The molecule has 5 heteroatoms. The number of aryl methyl sites for hydroxylation is 1. The molecule has 0 fully saturated rings. The Balaban J connectivity index is 1.99. The largest absolute Gasteiger partial charge is 0.497 e. The molecule has 3 rings (SSSR count). The number of furan rings is 1. The van der Waals surface area contributed by atoms with Gasteiger partial charge in [-0.15, -0.1) is 0 Å². The van der Waals surface area contributed by atoms with Crippen LogP contribution in [-0.4, -0.2) is 16.9 Å². The topological polar surface area (TPSA) is 66.2 Å². The average molecular weight is 269 g/mol. The second-order valence-corrected chi connectivity index (χ2v) is 4.49. The molecule has 2 aromatic heterocycles. The van der Waals surface area contributed by atoms with Crippen molar-refractivity contribution in [1.82, 2.24) is 9.78 Å². The zero-order valence-electron chi connectivity index (χ0n) is 11.3. The molecule has 0 aliphatic carbocycles. The fourth-order valence-corrected chi connectivity index (χ4v) is 2.01. The molecule has 1 aromatic carbocycles. The van der Waals surface area contributed by atoms with Crippen LogP contribution in [0.1, 0.15) is 5.76 Å². The van der Waals surface area contributed by atoms with Gasteiger partial charge >= 0.3 is 0 Å². The third-order valence-electron chi connectivity index (χ3n) is 3.05. The quantitative estimate of drug-likeness (QED) is 0.793. The highest BCUT2D eigenvalue weighted by Gasteiger charge is 2.12. The molecule has 0 amide bonds. The molecule has 2 N–H and O–H groups in total. The van der Waals surface area contributed by atoms with Gasteiger partial charge in [0.2, 0.25) is 0 Å². The predicted octanol–water partition coefficient (Wildman–Crippen LogP) is 3.03. The van der Waals surface area contributed by atoms with Crippen LogP contribution in [0, 0.1) is 6.92 Å². The number of aromatic nitrogens is 2. The third-order valence-corrected chi connectivity index (χ3v) is 3.05. The lowest BCUT2D eigenvalue weighted by atomic mass is 10.3. The zero-order chi connectivity index (χ0) is 14.1. The molecule has 3 aromatic rings. The Morgan fingerprint density at radius 3 is 2.50 bits per heavy atom. The van der Waals surface area contributed by atoms with E-state index < -0.39 is 0 Å². The lowest BCUT2D eigenvalue weighted by Gasteiger charge is -2.02. The van der Waals surface area contributed by atoms with Crippen molar-refractivity contribution in [1.29, 1.82) is 0 Å². The molecular formula is C15H15N3O2. The van der Waals surface area contributed by atoms with E-state index in [9.17, 15) is 0 Å². The van der Waals surface area contributed by atoms with Crippen LogP contribution in [0.5, 0.6) is 5.75 Å². The van der Waals surface area contributed by atoms with Crippen LogP contribution >= 0.6 is 0 Å². The van der Waals surface area contributed by atoms with E-state index >= 15 is 0 Å². The van der Waals surface area contributed by atoms with Gasteiger partial charge in [0.1, 0.15) is 11.5 Å². The Labute approximate surface area is 116 Å². The van der Waals surface area contributed by atoms with Crippen LogP contribution in [0.2, 0.25) is 0 Å². The van der Waals surface area contributed by atoms with Gasteiger partial charge in [-0.2, -0.15) is 5.10 Å². The maximum absolute atomic E-state index is 6.01. The summed E-state index contributed by atoms with van der Waals surface area (Å²) in [6, 6.07) is 11.4. The highest BCUT2D eigenvalue weighted by molar-refractivity contribution is 5.68. The summed E-state index contributed by atoms with van der Waals surface area (Å²) in [6.07, 6.45) is 1.77. The Bertz CT molecular complexity index is 726. The minimum atomic E-state index is 0.579. The predicted molar refractivity (Wildman–Crippen MR) is 77.0 cm³/mol. The lowest BCUT2D eigenvalue weighted by molar-refractivity contribution is 0.414. The first-order valence-electron chi connectivity index (χ1n) is 6.24. The van der Waals surface area contributed by atoms with Crippen LogP contribution < -0.4 is 10.5 Å². The summed E-state index contributed by atoms with van der Waals surface area (Å²) >= 11 is 0. The van der Waals surface area contributed by atoms with E-state index in [1.807, 2.05) is 43.3 Å². The Morgan fingerprint density at radius 2 is 1.90 bits per heavy atom. The summed E-state index contributed by atoms with van der Waals surface area (Å²) in [4.78, 5) is 0. The van der Waals surface area contributed by atoms with Crippen LogP contribution in [0.25, 0.3) is 17.1 Å². The van der Waals surface area contributed by atoms with E-state index in [2.05, 4.69) is 5.10 Å². The number of benzene rings is 1. The molecule has 0 radical (unpaired) electrons. The third kappa shape index (κ3) is 2.14. The fraction of sp³-hybridized carbons (Fsp3) is 0.133. The SMILES string of the molecule is COc1ccc(-n2cc(N)c(-c3ccc(C)o3)n2)cc1. The summed E-state index contributed by atoms with van der Waals surface area (Å²) in [6.45, 7) is 1.89. The average Bonchev–Trinajstić information content (AvgIpc) is 3.05. The molecule has 0 saturated carbocycles. The highest BCUT2D eigenvalue weighted by atomic mass is 16.5. The molecule has 0 bridgehead atoms. The van der Waals surface area contributed by atoms with Crippen molar-refractivity contribution in [3.8, 4) is 22.9 Å². The van der Waals surface area contributed by atoms with E-state index in [1.165, 1.54) is 0 Å². The van der Waals surface area contributed by atoms with Crippen molar-refractivity contribution >= 4 is 5.69 Å². The summed E-state index contributed by atoms with van der Waals surface area (Å²) in [5.74, 6) is 2.31. The van der Waals surface area contributed by atoms with Crippen LogP contribution in [0.3, 0.4) is 0 Å². The van der Waals surface area contributed by atoms with Gasteiger partial charge in [0, 0.05) is 0 Å². The number of anilines is 1. The lowest BCUT2D eigenvalue weighted by Crippen LogP contribution is -1.94. The van der Waals surface area contributed by atoms with Crippen LogP contribution in [-0.2, 0) is 0 Å². The van der Waals surface area contributed by atoms with E-state index in [-0.39, 0.29) is 0 Å². The standard InChI is InChI=1S/C15H15N3O2/c1-10-3-8-14(20-10)15-13(16)9-18(17-15)11-4-6-12(19-2)7-5-11/h3-9H,16H2,1-2H3. The molecule has 5 nitrogen and oxygen atoms in total. The number of ether oxygens (including phenoxy) is 1. The van der Waals surface area contributed by atoms with Gasteiger partial charge < -0.3 is 14.9 Å². The number of nitrogens with zero attached hydrogens (tertiary/aromatic N) is 2. The molecule has 0 atom stereocenters. The molecule has 0 aliphatic heterocycles. The van der Waals surface area contributed by atoms with Crippen molar-refractivity contribution in [2.45, 2.75) is 6.92 Å².